The highest BCUT2D eigenvalue weighted by Gasteiger charge is 2.27. The number of alkyl halides is 3. The van der Waals surface area contributed by atoms with Crippen molar-refractivity contribution in [2.75, 3.05) is 18.5 Å². The SMILES string of the molecule is Cc1cc(CNC2CC2)cc(N(C)CCC(F)(F)F)n1. The number of hydrogen-bond donors (Lipinski definition) is 1. The van der Waals surface area contributed by atoms with E-state index in [-0.39, 0.29) is 6.54 Å². The molecule has 0 unspecified atom stereocenters. The van der Waals surface area contributed by atoms with E-state index in [1.807, 2.05) is 19.1 Å². The van der Waals surface area contributed by atoms with E-state index in [2.05, 4.69) is 10.3 Å². The number of pyridine rings is 1. The monoisotopic (exact) mass is 287 g/mol. The topological polar surface area (TPSA) is 28.2 Å². The normalized spacial score (nSPS) is 15.4. The van der Waals surface area contributed by atoms with Gasteiger partial charge < -0.3 is 10.2 Å². The van der Waals surface area contributed by atoms with Crippen LogP contribution in [0.4, 0.5) is 19.0 Å². The zero-order chi connectivity index (χ0) is 14.8. The molecule has 0 radical (unpaired) electrons. The van der Waals surface area contributed by atoms with Gasteiger partial charge in [-0.1, -0.05) is 0 Å². The molecule has 3 nitrogen and oxygen atoms in total. The van der Waals surface area contributed by atoms with E-state index in [0.717, 1.165) is 17.8 Å². The van der Waals surface area contributed by atoms with Crippen LogP contribution in [0.15, 0.2) is 12.1 Å². The lowest BCUT2D eigenvalue weighted by molar-refractivity contribution is -0.132. The third-order valence-corrected chi connectivity index (χ3v) is 3.29. The maximum absolute atomic E-state index is 12.2. The Bertz CT molecular complexity index is 455. The minimum Gasteiger partial charge on any atom is -0.359 e. The predicted octanol–water partition coefficient (Wildman–Crippen LogP) is 3.03. The van der Waals surface area contributed by atoms with Crippen LogP contribution in [0.1, 0.15) is 30.5 Å². The molecule has 0 atom stereocenters. The minimum atomic E-state index is -4.13. The average molecular weight is 287 g/mol. The zero-order valence-corrected chi connectivity index (χ0v) is 11.8. The molecule has 112 valence electrons. The molecule has 0 amide bonds. The summed E-state index contributed by atoms with van der Waals surface area (Å²) in [6.45, 7) is 2.53. The number of anilines is 1. The van der Waals surface area contributed by atoms with Crippen LogP contribution in [0.5, 0.6) is 0 Å². The molecular formula is C14H20F3N3. The first-order valence-corrected chi connectivity index (χ1v) is 6.82. The molecule has 0 aromatic carbocycles. The molecule has 6 heteroatoms. The smallest absolute Gasteiger partial charge is 0.359 e. The van der Waals surface area contributed by atoms with Crippen molar-refractivity contribution < 1.29 is 13.2 Å². The molecule has 1 aliphatic rings. The predicted molar refractivity (Wildman–Crippen MR) is 72.8 cm³/mol. The number of halogens is 3. The summed E-state index contributed by atoms with van der Waals surface area (Å²) in [5, 5.41) is 3.40. The largest absolute Gasteiger partial charge is 0.390 e. The molecule has 0 spiro atoms. The summed E-state index contributed by atoms with van der Waals surface area (Å²) in [5.74, 6) is 0.599. The van der Waals surface area contributed by atoms with Gasteiger partial charge in [-0.3, -0.25) is 0 Å². The van der Waals surface area contributed by atoms with Crippen LogP contribution >= 0.6 is 0 Å². The first kappa shape index (κ1) is 15.1. The third kappa shape index (κ3) is 5.00. The Morgan fingerprint density at radius 3 is 2.65 bits per heavy atom. The highest BCUT2D eigenvalue weighted by Crippen LogP contribution is 2.22. The molecule has 2 rings (SSSR count). The Labute approximate surface area is 117 Å². The maximum Gasteiger partial charge on any atom is 0.390 e. The van der Waals surface area contributed by atoms with Gasteiger partial charge in [-0.15, -0.1) is 0 Å². The second kappa shape index (κ2) is 5.99. The van der Waals surface area contributed by atoms with E-state index in [4.69, 9.17) is 0 Å². The standard InChI is InChI=1S/C14H20F3N3/c1-10-7-11(9-18-12-3-4-12)8-13(19-10)20(2)6-5-14(15,16)17/h7-8,12,18H,3-6,9H2,1-2H3. The lowest BCUT2D eigenvalue weighted by Gasteiger charge is -2.20. The molecule has 1 saturated carbocycles. The molecule has 1 heterocycles. The quantitative estimate of drug-likeness (QED) is 0.871. The maximum atomic E-state index is 12.2. The van der Waals surface area contributed by atoms with Gasteiger partial charge in [0.05, 0.1) is 6.42 Å². The van der Waals surface area contributed by atoms with E-state index >= 15 is 0 Å². The van der Waals surface area contributed by atoms with Gasteiger partial charge in [0, 0.05) is 31.9 Å². The number of aromatic nitrogens is 1. The Morgan fingerprint density at radius 2 is 2.05 bits per heavy atom. The van der Waals surface area contributed by atoms with Gasteiger partial charge in [0.2, 0.25) is 0 Å². The van der Waals surface area contributed by atoms with Gasteiger partial charge in [0.25, 0.3) is 0 Å². The van der Waals surface area contributed by atoms with E-state index in [0.29, 0.717) is 11.9 Å². The van der Waals surface area contributed by atoms with Gasteiger partial charge in [-0.25, -0.2) is 4.98 Å². The summed E-state index contributed by atoms with van der Waals surface area (Å²) in [7, 11) is 1.64. The number of rotatable bonds is 6. The summed E-state index contributed by atoms with van der Waals surface area (Å²) in [5.41, 5.74) is 1.90. The number of hydrogen-bond acceptors (Lipinski definition) is 3. The van der Waals surface area contributed by atoms with Crippen LogP contribution in [-0.2, 0) is 6.54 Å². The van der Waals surface area contributed by atoms with Gasteiger partial charge in [0.15, 0.2) is 0 Å². The highest BCUT2D eigenvalue weighted by molar-refractivity contribution is 5.41. The van der Waals surface area contributed by atoms with Crippen LogP contribution in [0, 0.1) is 6.92 Å². The second-order valence-electron chi connectivity index (χ2n) is 5.42. The lowest BCUT2D eigenvalue weighted by Crippen LogP contribution is -2.25. The van der Waals surface area contributed by atoms with Gasteiger partial charge in [0.1, 0.15) is 5.82 Å². The van der Waals surface area contributed by atoms with Crippen molar-refractivity contribution in [2.24, 2.45) is 0 Å². The fourth-order valence-corrected chi connectivity index (χ4v) is 1.98. The van der Waals surface area contributed by atoms with Crippen LogP contribution in [0.25, 0.3) is 0 Å². The molecule has 1 aliphatic carbocycles. The van der Waals surface area contributed by atoms with Crippen LogP contribution in [0.2, 0.25) is 0 Å². The van der Waals surface area contributed by atoms with E-state index in [1.165, 1.54) is 12.8 Å². The van der Waals surface area contributed by atoms with Crippen molar-refractivity contribution in [3.05, 3.63) is 23.4 Å². The summed E-state index contributed by atoms with van der Waals surface area (Å²) in [6, 6.07) is 4.43. The van der Waals surface area contributed by atoms with Crippen molar-refractivity contribution in [3.63, 3.8) is 0 Å². The van der Waals surface area contributed by atoms with Gasteiger partial charge >= 0.3 is 6.18 Å². The molecule has 20 heavy (non-hydrogen) atoms. The highest BCUT2D eigenvalue weighted by atomic mass is 19.4. The minimum absolute atomic E-state index is 0.0740. The average Bonchev–Trinajstić information content (AvgIpc) is 3.16. The number of nitrogens with zero attached hydrogens (tertiary/aromatic N) is 2. The fourth-order valence-electron chi connectivity index (χ4n) is 1.98. The summed E-state index contributed by atoms with van der Waals surface area (Å²) in [6.07, 6.45) is -2.53. The van der Waals surface area contributed by atoms with Crippen molar-refractivity contribution in [2.45, 2.75) is 44.9 Å². The molecule has 1 N–H and O–H groups in total. The van der Waals surface area contributed by atoms with Crippen LogP contribution in [0.3, 0.4) is 0 Å². The van der Waals surface area contributed by atoms with Crippen molar-refractivity contribution >= 4 is 5.82 Å². The Hall–Kier alpha value is -1.30. The van der Waals surface area contributed by atoms with Crippen LogP contribution < -0.4 is 10.2 Å². The van der Waals surface area contributed by atoms with E-state index < -0.39 is 12.6 Å². The lowest BCUT2D eigenvalue weighted by atomic mass is 10.2. The molecule has 0 saturated heterocycles. The number of nitrogens with one attached hydrogen (secondary N) is 1. The van der Waals surface area contributed by atoms with E-state index in [9.17, 15) is 13.2 Å². The molecule has 0 aliphatic heterocycles. The number of aryl methyl sites for hydroxylation is 1. The molecular weight excluding hydrogens is 267 g/mol. The van der Waals surface area contributed by atoms with Crippen molar-refractivity contribution in [1.82, 2.24) is 10.3 Å². The zero-order valence-electron chi connectivity index (χ0n) is 11.8. The molecule has 1 aromatic heterocycles. The first-order chi connectivity index (χ1) is 9.33. The second-order valence-corrected chi connectivity index (χ2v) is 5.42. The van der Waals surface area contributed by atoms with Crippen molar-refractivity contribution in [1.29, 1.82) is 0 Å². The van der Waals surface area contributed by atoms with E-state index in [1.54, 1.807) is 11.9 Å². The fraction of sp³-hybridized carbons (Fsp3) is 0.643. The molecule has 1 aromatic rings. The molecule has 0 bridgehead atoms. The van der Waals surface area contributed by atoms with Gasteiger partial charge in [-0.05, 0) is 37.5 Å². The summed E-state index contributed by atoms with van der Waals surface area (Å²) >= 11 is 0. The van der Waals surface area contributed by atoms with Gasteiger partial charge in [-0.2, -0.15) is 13.2 Å². The first-order valence-electron chi connectivity index (χ1n) is 6.82. The Morgan fingerprint density at radius 1 is 1.35 bits per heavy atom. The third-order valence-electron chi connectivity index (χ3n) is 3.29. The van der Waals surface area contributed by atoms with Crippen LogP contribution in [-0.4, -0.2) is 30.8 Å². The van der Waals surface area contributed by atoms with Crippen molar-refractivity contribution in [3.8, 4) is 0 Å². The Balaban J connectivity index is 1.98. The Kier molecular flexibility index (Phi) is 4.52. The molecule has 1 fully saturated rings. The summed E-state index contributed by atoms with van der Waals surface area (Å²) in [4.78, 5) is 5.86. The summed E-state index contributed by atoms with van der Waals surface area (Å²) < 4.78 is 36.7.